The number of rotatable bonds is 12. The van der Waals surface area contributed by atoms with Crippen LogP contribution in [0.2, 0.25) is 0 Å². The highest BCUT2D eigenvalue weighted by molar-refractivity contribution is 7.13. The first-order valence-corrected chi connectivity index (χ1v) is 13.1. The van der Waals surface area contributed by atoms with Gasteiger partial charge in [0.1, 0.15) is 11.6 Å². The summed E-state index contributed by atoms with van der Waals surface area (Å²) in [5.41, 5.74) is 3.39. The second-order valence-electron chi connectivity index (χ2n) is 9.08. The van der Waals surface area contributed by atoms with Crippen molar-refractivity contribution in [2.24, 2.45) is 0 Å². The number of ether oxygens (including phenoxy) is 1. The number of methoxy groups -OCH3 is 1. The van der Waals surface area contributed by atoms with Crippen molar-refractivity contribution in [1.82, 2.24) is 14.6 Å². The quantitative estimate of drug-likeness (QED) is 0.240. The zero-order valence-electron chi connectivity index (χ0n) is 21.2. The lowest BCUT2D eigenvalue weighted by atomic mass is 10.0. The molecule has 7 heteroatoms. The Kier molecular flexibility index (Phi) is 8.92. The van der Waals surface area contributed by atoms with Crippen LogP contribution in [0.15, 0.2) is 72.8 Å². The number of aromatic nitrogens is 1. The topological polar surface area (TPSA) is 66.5 Å². The number of benzene rings is 3. The van der Waals surface area contributed by atoms with Crippen LogP contribution in [-0.2, 0) is 11.3 Å². The van der Waals surface area contributed by atoms with Crippen LogP contribution in [0.25, 0.3) is 21.2 Å². The molecule has 0 atom stereocenters. The molecule has 0 spiro atoms. The summed E-state index contributed by atoms with van der Waals surface area (Å²) in [4.78, 5) is 15.0. The van der Waals surface area contributed by atoms with E-state index in [1.807, 2.05) is 29.2 Å². The number of nitrogens with zero attached hydrogens (tertiary/aromatic N) is 2. The van der Waals surface area contributed by atoms with E-state index in [9.17, 15) is 4.79 Å². The van der Waals surface area contributed by atoms with E-state index in [1.165, 1.54) is 16.2 Å². The summed E-state index contributed by atoms with van der Waals surface area (Å²) in [6.07, 6.45) is 0.837. The Morgan fingerprint density at radius 1 is 1.00 bits per heavy atom. The Hall–Kier alpha value is -3.42. The van der Waals surface area contributed by atoms with Gasteiger partial charge in [0, 0.05) is 31.1 Å². The molecule has 2 N–H and O–H groups in total. The highest BCUT2D eigenvalue weighted by Crippen LogP contribution is 2.26. The number of anilines is 1. The summed E-state index contributed by atoms with van der Waals surface area (Å²) in [7, 11) is 1.67. The van der Waals surface area contributed by atoms with Crippen molar-refractivity contribution < 1.29 is 9.53 Å². The summed E-state index contributed by atoms with van der Waals surface area (Å²) in [6, 6.07) is 25.0. The fourth-order valence-corrected chi connectivity index (χ4v) is 4.75. The number of fused-ring (bicyclic) bond motifs is 1. The van der Waals surface area contributed by atoms with Crippen LogP contribution in [0, 0.1) is 0 Å². The van der Waals surface area contributed by atoms with Crippen LogP contribution in [-0.4, -0.2) is 48.0 Å². The van der Waals surface area contributed by atoms with E-state index >= 15 is 0 Å². The number of carbonyl (C=O) groups is 1. The van der Waals surface area contributed by atoms with Gasteiger partial charge in [-0.3, -0.25) is 4.79 Å². The van der Waals surface area contributed by atoms with Gasteiger partial charge >= 0.3 is 0 Å². The molecule has 1 heterocycles. The number of nitrogens with one attached hydrogen (secondary N) is 2. The second-order valence-corrected chi connectivity index (χ2v) is 9.89. The van der Waals surface area contributed by atoms with Gasteiger partial charge in [-0.05, 0) is 58.9 Å². The zero-order valence-corrected chi connectivity index (χ0v) is 22.0. The first kappa shape index (κ1) is 25.7. The van der Waals surface area contributed by atoms with Crippen LogP contribution in [0.4, 0.5) is 5.82 Å². The third kappa shape index (κ3) is 6.83. The molecule has 36 heavy (non-hydrogen) atoms. The smallest absolute Gasteiger partial charge is 0.236 e. The monoisotopic (exact) mass is 502 g/mol. The minimum Gasteiger partial charge on any atom is -0.497 e. The van der Waals surface area contributed by atoms with Gasteiger partial charge in [0.25, 0.3) is 0 Å². The lowest BCUT2D eigenvalue weighted by molar-refractivity contribution is -0.131. The Morgan fingerprint density at radius 3 is 2.39 bits per heavy atom. The largest absolute Gasteiger partial charge is 0.497 e. The molecule has 6 nitrogen and oxygen atoms in total. The van der Waals surface area contributed by atoms with Crippen molar-refractivity contribution in [1.29, 1.82) is 0 Å². The van der Waals surface area contributed by atoms with Crippen LogP contribution >= 0.6 is 11.5 Å². The standard InChI is InChI=1S/C29H34N4O2S/c1-21(2)31-19-28(34)33(18-6-17-30-29-26-7-4-5-8-27(26)36-32-29)20-22-9-11-23(12-10-22)24-13-15-25(35-3)16-14-24/h4-5,7-16,21,31H,6,17-20H2,1-3H3,(H,30,32). The SMILES string of the molecule is COc1ccc(-c2ccc(CN(CCCNc3nsc4ccccc34)C(=O)CNC(C)C)cc2)cc1. The molecule has 188 valence electrons. The maximum atomic E-state index is 13.0. The highest BCUT2D eigenvalue weighted by Gasteiger charge is 2.15. The molecule has 1 amide bonds. The van der Waals surface area contributed by atoms with E-state index in [4.69, 9.17) is 4.74 Å². The fourth-order valence-electron chi connectivity index (χ4n) is 3.99. The lowest BCUT2D eigenvalue weighted by Crippen LogP contribution is -2.40. The van der Waals surface area contributed by atoms with Gasteiger partial charge < -0.3 is 20.3 Å². The number of hydrogen-bond acceptors (Lipinski definition) is 6. The zero-order chi connectivity index (χ0) is 25.3. The molecule has 1 aromatic heterocycles. The summed E-state index contributed by atoms with van der Waals surface area (Å²) in [5.74, 6) is 1.88. The average molecular weight is 503 g/mol. The third-order valence-electron chi connectivity index (χ3n) is 6.04. The number of hydrogen-bond donors (Lipinski definition) is 2. The van der Waals surface area contributed by atoms with E-state index in [2.05, 4.69) is 77.4 Å². The third-order valence-corrected chi connectivity index (χ3v) is 6.87. The van der Waals surface area contributed by atoms with Crippen LogP contribution in [0.5, 0.6) is 5.75 Å². The predicted octanol–water partition coefficient (Wildman–Crippen LogP) is 5.80. The molecule has 0 saturated heterocycles. The van der Waals surface area contributed by atoms with E-state index < -0.39 is 0 Å². The molecule has 0 unspecified atom stereocenters. The van der Waals surface area contributed by atoms with Gasteiger partial charge in [-0.15, -0.1) is 0 Å². The minimum atomic E-state index is 0.113. The minimum absolute atomic E-state index is 0.113. The van der Waals surface area contributed by atoms with Crippen LogP contribution in [0.3, 0.4) is 0 Å². The van der Waals surface area contributed by atoms with E-state index in [-0.39, 0.29) is 11.9 Å². The van der Waals surface area contributed by atoms with Gasteiger partial charge in [0.05, 0.1) is 18.4 Å². The fraction of sp³-hybridized carbons (Fsp3) is 0.310. The van der Waals surface area contributed by atoms with E-state index in [0.717, 1.165) is 46.6 Å². The second kappa shape index (κ2) is 12.5. The van der Waals surface area contributed by atoms with Crippen molar-refractivity contribution >= 4 is 33.3 Å². The van der Waals surface area contributed by atoms with Crippen molar-refractivity contribution in [2.75, 3.05) is 32.1 Å². The van der Waals surface area contributed by atoms with Gasteiger partial charge in [-0.1, -0.05) is 62.4 Å². The molecule has 0 aliphatic heterocycles. The summed E-state index contributed by atoms with van der Waals surface area (Å²) in [5, 5.41) is 7.85. The van der Waals surface area contributed by atoms with Gasteiger partial charge in [0.2, 0.25) is 5.91 Å². The maximum absolute atomic E-state index is 13.0. The summed E-state index contributed by atoms with van der Waals surface area (Å²) >= 11 is 1.50. The Morgan fingerprint density at radius 2 is 1.69 bits per heavy atom. The van der Waals surface area contributed by atoms with E-state index in [0.29, 0.717) is 19.6 Å². The summed E-state index contributed by atoms with van der Waals surface area (Å²) < 4.78 is 11.0. The summed E-state index contributed by atoms with van der Waals surface area (Å²) in [6.45, 7) is 6.46. The molecule has 0 fully saturated rings. The predicted molar refractivity (Wildman–Crippen MR) is 150 cm³/mol. The van der Waals surface area contributed by atoms with Gasteiger partial charge in [0.15, 0.2) is 0 Å². The molecule has 0 bridgehead atoms. The highest BCUT2D eigenvalue weighted by atomic mass is 32.1. The van der Waals surface area contributed by atoms with E-state index in [1.54, 1.807) is 7.11 Å². The molecule has 4 rings (SSSR count). The Balaban J connectivity index is 1.37. The van der Waals surface area contributed by atoms with Crippen molar-refractivity contribution in [3.05, 3.63) is 78.4 Å². The van der Waals surface area contributed by atoms with Crippen LogP contribution < -0.4 is 15.4 Å². The van der Waals surface area contributed by atoms with Crippen molar-refractivity contribution in [3.63, 3.8) is 0 Å². The number of amides is 1. The molecular weight excluding hydrogens is 468 g/mol. The molecular formula is C29H34N4O2S. The molecule has 4 aromatic rings. The lowest BCUT2D eigenvalue weighted by Gasteiger charge is -2.24. The Labute approximate surface area is 217 Å². The molecule has 0 aliphatic carbocycles. The normalized spacial score (nSPS) is 11.1. The first-order valence-electron chi connectivity index (χ1n) is 12.4. The van der Waals surface area contributed by atoms with Gasteiger partial charge in [-0.25, -0.2) is 0 Å². The number of carbonyl (C=O) groups excluding carboxylic acids is 1. The first-order chi connectivity index (χ1) is 17.5. The average Bonchev–Trinajstić information content (AvgIpc) is 3.32. The van der Waals surface area contributed by atoms with Crippen molar-refractivity contribution in [3.8, 4) is 16.9 Å². The Bertz CT molecular complexity index is 1250. The van der Waals surface area contributed by atoms with Crippen LogP contribution in [0.1, 0.15) is 25.8 Å². The molecule has 0 radical (unpaired) electrons. The van der Waals surface area contributed by atoms with Crippen molar-refractivity contribution in [2.45, 2.75) is 32.9 Å². The van der Waals surface area contributed by atoms with Gasteiger partial charge in [-0.2, -0.15) is 4.37 Å². The molecule has 0 aliphatic rings. The maximum Gasteiger partial charge on any atom is 0.236 e. The molecule has 0 saturated carbocycles. The molecule has 3 aromatic carbocycles.